The molecule has 7 heteroatoms. The van der Waals surface area contributed by atoms with Crippen molar-refractivity contribution in [2.75, 3.05) is 0 Å². The topological polar surface area (TPSA) is 64.7 Å². The lowest BCUT2D eigenvalue weighted by molar-refractivity contribution is 0.0953. The molecule has 23 heavy (non-hydrogen) atoms. The molecular formula is C16H19N5OS. The van der Waals surface area contributed by atoms with Gasteiger partial charge in [-0.05, 0) is 26.0 Å². The molecule has 0 aliphatic carbocycles. The van der Waals surface area contributed by atoms with E-state index in [1.807, 2.05) is 46.3 Å². The predicted molar refractivity (Wildman–Crippen MR) is 90.4 cm³/mol. The molecule has 3 heterocycles. The molecule has 0 aliphatic heterocycles. The minimum atomic E-state index is -0.0889. The molecule has 0 radical (unpaired) electrons. The van der Waals surface area contributed by atoms with Gasteiger partial charge >= 0.3 is 0 Å². The highest BCUT2D eigenvalue weighted by molar-refractivity contribution is 7.17. The van der Waals surface area contributed by atoms with Gasteiger partial charge in [-0.2, -0.15) is 5.10 Å². The van der Waals surface area contributed by atoms with E-state index < -0.39 is 0 Å². The van der Waals surface area contributed by atoms with Gasteiger partial charge < -0.3 is 9.88 Å². The highest BCUT2D eigenvalue weighted by Gasteiger charge is 2.17. The Morgan fingerprint density at radius 2 is 2.09 bits per heavy atom. The molecule has 0 aliphatic rings. The van der Waals surface area contributed by atoms with Crippen molar-refractivity contribution in [2.24, 2.45) is 14.1 Å². The number of hydrogen-bond donors (Lipinski definition) is 1. The third-order valence-electron chi connectivity index (χ3n) is 3.86. The number of nitrogens with zero attached hydrogens (tertiary/aromatic N) is 4. The van der Waals surface area contributed by atoms with Gasteiger partial charge in [0.2, 0.25) is 0 Å². The van der Waals surface area contributed by atoms with Crippen LogP contribution in [0.15, 0.2) is 24.5 Å². The van der Waals surface area contributed by atoms with E-state index in [-0.39, 0.29) is 5.91 Å². The third-order valence-corrected chi connectivity index (χ3v) is 5.07. The smallest absolute Gasteiger partial charge is 0.263 e. The van der Waals surface area contributed by atoms with Crippen LogP contribution in [0.4, 0.5) is 0 Å². The first-order chi connectivity index (χ1) is 11.0. The van der Waals surface area contributed by atoms with Gasteiger partial charge in [0.15, 0.2) is 0 Å². The number of rotatable bonds is 4. The number of aromatic nitrogens is 4. The van der Waals surface area contributed by atoms with E-state index in [9.17, 15) is 4.79 Å². The summed E-state index contributed by atoms with van der Waals surface area (Å²) in [6, 6.07) is 4.07. The van der Waals surface area contributed by atoms with Gasteiger partial charge in [0.05, 0.1) is 18.4 Å². The summed E-state index contributed by atoms with van der Waals surface area (Å²) in [5.74, 6) is -0.0889. The summed E-state index contributed by atoms with van der Waals surface area (Å²) in [6.07, 6.45) is 3.65. The monoisotopic (exact) mass is 329 g/mol. The molecular weight excluding hydrogens is 310 g/mol. The van der Waals surface area contributed by atoms with Crippen LogP contribution in [0.25, 0.3) is 10.6 Å². The van der Waals surface area contributed by atoms with Crippen molar-refractivity contribution in [3.63, 3.8) is 0 Å². The second-order valence-corrected chi connectivity index (χ2v) is 6.54. The van der Waals surface area contributed by atoms with E-state index in [1.54, 1.807) is 10.9 Å². The summed E-state index contributed by atoms with van der Waals surface area (Å²) < 4.78 is 3.80. The lowest BCUT2D eigenvalue weighted by Gasteiger charge is -2.06. The van der Waals surface area contributed by atoms with Crippen molar-refractivity contribution in [2.45, 2.75) is 20.4 Å². The molecule has 3 rings (SSSR count). The zero-order chi connectivity index (χ0) is 16.6. The van der Waals surface area contributed by atoms with Gasteiger partial charge in [-0.1, -0.05) is 0 Å². The van der Waals surface area contributed by atoms with Crippen LogP contribution < -0.4 is 5.32 Å². The molecule has 0 bridgehead atoms. The summed E-state index contributed by atoms with van der Waals surface area (Å²) in [6.45, 7) is 4.40. The summed E-state index contributed by atoms with van der Waals surface area (Å²) in [5.41, 5.74) is 3.92. The van der Waals surface area contributed by atoms with E-state index in [1.165, 1.54) is 17.0 Å². The number of carbonyl (C=O) groups excluding carboxylic acids is 1. The highest BCUT2D eigenvalue weighted by atomic mass is 32.1. The fourth-order valence-electron chi connectivity index (χ4n) is 2.36. The van der Waals surface area contributed by atoms with Gasteiger partial charge in [-0.15, -0.1) is 11.3 Å². The molecule has 0 unspecified atom stereocenters. The largest absolute Gasteiger partial charge is 0.350 e. The molecule has 1 amide bonds. The van der Waals surface area contributed by atoms with E-state index in [0.29, 0.717) is 11.4 Å². The molecule has 0 fully saturated rings. The Hall–Kier alpha value is -2.41. The van der Waals surface area contributed by atoms with Crippen LogP contribution in [0, 0.1) is 13.8 Å². The van der Waals surface area contributed by atoms with Crippen LogP contribution in [-0.4, -0.2) is 25.2 Å². The molecule has 0 atom stereocenters. The van der Waals surface area contributed by atoms with Crippen molar-refractivity contribution < 1.29 is 4.79 Å². The highest BCUT2D eigenvalue weighted by Crippen LogP contribution is 2.27. The van der Waals surface area contributed by atoms with E-state index in [2.05, 4.69) is 20.0 Å². The van der Waals surface area contributed by atoms with Gasteiger partial charge in [-0.3, -0.25) is 9.48 Å². The average Bonchev–Trinajstić information content (AvgIpc) is 3.19. The SMILES string of the molecule is Cc1nc(-c2cnn(C)c2)sc1C(=O)NCc1ccc(C)n1C. The standard InChI is InChI=1S/C16H19N5OS/c1-10-5-6-13(21(10)4)8-17-15(22)14-11(2)19-16(23-14)12-7-18-20(3)9-12/h5-7,9H,8H2,1-4H3,(H,17,22). The van der Waals surface area contributed by atoms with Crippen LogP contribution in [0.2, 0.25) is 0 Å². The van der Waals surface area contributed by atoms with E-state index in [0.717, 1.165) is 22.0 Å². The first-order valence-corrected chi connectivity index (χ1v) is 8.13. The molecule has 0 aromatic carbocycles. The fraction of sp³-hybridized carbons (Fsp3) is 0.312. The molecule has 3 aromatic heterocycles. The lowest BCUT2D eigenvalue weighted by Crippen LogP contribution is -2.23. The van der Waals surface area contributed by atoms with Crippen LogP contribution in [0.5, 0.6) is 0 Å². The summed E-state index contributed by atoms with van der Waals surface area (Å²) in [7, 11) is 3.86. The quantitative estimate of drug-likeness (QED) is 0.799. The van der Waals surface area contributed by atoms with Gasteiger partial charge in [0, 0.05) is 37.2 Å². The number of hydrogen-bond acceptors (Lipinski definition) is 4. The zero-order valence-electron chi connectivity index (χ0n) is 13.6. The summed E-state index contributed by atoms with van der Waals surface area (Å²) in [4.78, 5) is 17.6. The predicted octanol–water partition coefficient (Wildman–Crippen LogP) is 2.43. The van der Waals surface area contributed by atoms with E-state index in [4.69, 9.17) is 0 Å². The van der Waals surface area contributed by atoms with Gasteiger partial charge in [0.1, 0.15) is 9.88 Å². The average molecular weight is 329 g/mol. The molecule has 0 saturated carbocycles. The minimum Gasteiger partial charge on any atom is -0.350 e. The third kappa shape index (κ3) is 3.05. The van der Waals surface area contributed by atoms with Crippen molar-refractivity contribution in [1.82, 2.24) is 24.6 Å². The summed E-state index contributed by atoms with van der Waals surface area (Å²) in [5, 5.41) is 7.93. The van der Waals surface area contributed by atoms with E-state index >= 15 is 0 Å². The van der Waals surface area contributed by atoms with Crippen molar-refractivity contribution in [3.8, 4) is 10.6 Å². The summed E-state index contributed by atoms with van der Waals surface area (Å²) >= 11 is 1.40. The first kappa shape index (κ1) is 15.5. The Morgan fingerprint density at radius 1 is 1.30 bits per heavy atom. The Labute approximate surface area is 138 Å². The van der Waals surface area contributed by atoms with Crippen molar-refractivity contribution in [1.29, 1.82) is 0 Å². The second-order valence-electron chi connectivity index (χ2n) is 5.54. The number of amides is 1. The van der Waals surface area contributed by atoms with Crippen molar-refractivity contribution in [3.05, 3.63) is 46.5 Å². The normalized spacial score (nSPS) is 11.0. The lowest BCUT2D eigenvalue weighted by atomic mass is 10.3. The maximum absolute atomic E-state index is 12.4. The maximum atomic E-state index is 12.4. The molecule has 0 spiro atoms. The van der Waals surface area contributed by atoms with Crippen LogP contribution in [0.3, 0.4) is 0 Å². The number of nitrogens with one attached hydrogen (secondary N) is 1. The minimum absolute atomic E-state index is 0.0889. The molecule has 1 N–H and O–H groups in total. The molecule has 0 saturated heterocycles. The zero-order valence-corrected chi connectivity index (χ0v) is 14.4. The van der Waals surface area contributed by atoms with Crippen LogP contribution >= 0.6 is 11.3 Å². The molecule has 3 aromatic rings. The fourth-order valence-corrected chi connectivity index (χ4v) is 3.32. The Balaban J connectivity index is 1.75. The Bertz CT molecular complexity index is 858. The number of thiazole rings is 1. The first-order valence-electron chi connectivity index (χ1n) is 7.31. The van der Waals surface area contributed by atoms with Crippen molar-refractivity contribution >= 4 is 17.2 Å². The Morgan fingerprint density at radius 3 is 2.70 bits per heavy atom. The van der Waals surface area contributed by atoms with Crippen LogP contribution in [-0.2, 0) is 20.6 Å². The maximum Gasteiger partial charge on any atom is 0.263 e. The molecule has 120 valence electrons. The van der Waals surface area contributed by atoms with Crippen LogP contribution in [0.1, 0.15) is 26.8 Å². The van der Waals surface area contributed by atoms with Gasteiger partial charge in [0.25, 0.3) is 5.91 Å². The molecule has 6 nitrogen and oxygen atoms in total. The Kier molecular flexibility index (Phi) is 4.04. The second kappa shape index (κ2) is 6.00. The number of carbonyl (C=O) groups is 1. The number of aryl methyl sites for hydroxylation is 3. The van der Waals surface area contributed by atoms with Gasteiger partial charge in [-0.25, -0.2) is 4.98 Å².